The van der Waals surface area contributed by atoms with Gasteiger partial charge in [-0.1, -0.05) is 25.6 Å². The first-order valence-corrected chi connectivity index (χ1v) is 6.24. The minimum atomic E-state index is -0.312. The van der Waals surface area contributed by atoms with Gasteiger partial charge in [0.05, 0.1) is 0 Å². The SMILES string of the molecule is CC1(CNc2ccc(F)cc2C(N)=S)CCC1. The molecule has 0 amide bonds. The Morgan fingerprint density at radius 1 is 1.53 bits per heavy atom. The van der Waals surface area contributed by atoms with Crippen LogP contribution in [0.1, 0.15) is 31.7 Å². The second kappa shape index (κ2) is 4.61. The molecule has 1 aromatic rings. The summed E-state index contributed by atoms with van der Waals surface area (Å²) in [7, 11) is 0. The van der Waals surface area contributed by atoms with E-state index in [0.29, 0.717) is 11.0 Å². The Morgan fingerprint density at radius 3 is 2.76 bits per heavy atom. The van der Waals surface area contributed by atoms with Crippen molar-refractivity contribution in [3.63, 3.8) is 0 Å². The minimum Gasteiger partial charge on any atom is -0.389 e. The summed E-state index contributed by atoms with van der Waals surface area (Å²) in [5.74, 6) is -0.312. The van der Waals surface area contributed by atoms with Gasteiger partial charge in [-0.25, -0.2) is 4.39 Å². The summed E-state index contributed by atoms with van der Waals surface area (Å²) in [5, 5.41) is 3.33. The quantitative estimate of drug-likeness (QED) is 0.809. The second-order valence-corrected chi connectivity index (χ2v) is 5.51. The highest BCUT2D eigenvalue weighted by Gasteiger charge is 2.31. The van der Waals surface area contributed by atoms with Gasteiger partial charge in [-0.2, -0.15) is 0 Å². The largest absolute Gasteiger partial charge is 0.389 e. The van der Waals surface area contributed by atoms with Crippen LogP contribution in [-0.2, 0) is 0 Å². The molecule has 1 aliphatic rings. The molecule has 4 heteroatoms. The maximum Gasteiger partial charge on any atom is 0.124 e. The first kappa shape index (κ1) is 12.3. The van der Waals surface area contributed by atoms with E-state index in [-0.39, 0.29) is 10.8 Å². The van der Waals surface area contributed by atoms with Gasteiger partial charge in [-0.3, -0.25) is 0 Å². The Hall–Kier alpha value is -1.16. The highest BCUT2D eigenvalue weighted by Crippen LogP contribution is 2.40. The van der Waals surface area contributed by atoms with Crippen LogP contribution >= 0.6 is 12.2 Å². The first-order valence-electron chi connectivity index (χ1n) is 5.83. The smallest absolute Gasteiger partial charge is 0.124 e. The summed E-state index contributed by atoms with van der Waals surface area (Å²) < 4.78 is 13.1. The van der Waals surface area contributed by atoms with Crippen molar-refractivity contribution in [3.8, 4) is 0 Å². The predicted octanol–water partition coefficient (Wildman–Crippen LogP) is 3.06. The molecule has 0 atom stereocenters. The van der Waals surface area contributed by atoms with Crippen LogP contribution in [0.15, 0.2) is 18.2 Å². The Balaban J connectivity index is 2.12. The highest BCUT2D eigenvalue weighted by molar-refractivity contribution is 7.80. The maximum absolute atomic E-state index is 13.1. The summed E-state index contributed by atoms with van der Waals surface area (Å²) in [4.78, 5) is 0.228. The van der Waals surface area contributed by atoms with Crippen LogP contribution in [0, 0.1) is 11.2 Å². The van der Waals surface area contributed by atoms with E-state index in [1.807, 2.05) is 0 Å². The Bertz CT molecular complexity index is 441. The van der Waals surface area contributed by atoms with Crippen LogP contribution in [0.3, 0.4) is 0 Å². The van der Waals surface area contributed by atoms with E-state index in [2.05, 4.69) is 12.2 Å². The van der Waals surface area contributed by atoms with Crippen LogP contribution in [0.25, 0.3) is 0 Å². The van der Waals surface area contributed by atoms with Gasteiger partial charge in [0, 0.05) is 17.8 Å². The molecular weight excluding hydrogens is 235 g/mol. The number of thiocarbonyl (C=S) groups is 1. The van der Waals surface area contributed by atoms with E-state index < -0.39 is 0 Å². The van der Waals surface area contributed by atoms with Gasteiger partial charge in [0.1, 0.15) is 10.8 Å². The van der Waals surface area contributed by atoms with Crippen molar-refractivity contribution in [2.24, 2.45) is 11.1 Å². The van der Waals surface area contributed by atoms with Gasteiger partial charge >= 0.3 is 0 Å². The summed E-state index contributed by atoms with van der Waals surface area (Å²) in [6, 6.07) is 4.51. The van der Waals surface area contributed by atoms with E-state index in [1.54, 1.807) is 6.07 Å². The molecular formula is C13H17FN2S. The van der Waals surface area contributed by atoms with Gasteiger partial charge in [-0.05, 0) is 36.5 Å². The van der Waals surface area contributed by atoms with E-state index in [1.165, 1.54) is 31.4 Å². The third-order valence-electron chi connectivity index (χ3n) is 3.51. The Labute approximate surface area is 106 Å². The molecule has 1 aromatic carbocycles. The maximum atomic E-state index is 13.1. The average molecular weight is 252 g/mol. The molecule has 1 saturated carbocycles. The van der Waals surface area contributed by atoms with E-state index in [4.69, 9.17) is 18.0 Å². The summed E-state index contributed by atoms with van der Waals surface area (Å²) in [5.41, 5.74) is 7.37. The number of hydrogen-bond acceptors (Lipinski definition) is 2. The van der Waals surface area contributed by atoms with Crippen molar-refractivity contribution in [3.05, 3.63) is 29.6 Å². The third kappa shape index (κ3) is 2.75. The second-order valence-electron chi connectivity index (χ2n) is 5.07. The first-order chi connectivity index (χ1) is 8.00. The molecule has 2 rings (SSSR count). The van der Waals surface area contributed by atoms with Gasteiger partial charge in [0.15, 0.2) is 0 Å². The number of benzene rings is 1. The molecule has 0 unspecified atom stereocenters. The lowest BCUT2D eigenvalue weighted by Crippen LogP contribution is -2.33. The highest BCUT2D eigenvalue weighted by atomic mass is 32.1. The fraction of sp³-hybridized carbons (Fsp3) is 0.462. The minimum absolute atomic E-state index is 0.228. The lowest BCUT2D eigenvalue weighted by atomic mass is 9.70. The molecule has 0 radical (unpaired) electrons. The molecule has 92 valence electrons. The third-order valence-corrected chi connectivity index (χ3v) is 3.73. The summed E-state index contributed by atoms with van der Waals surface area (Å²) >= 11 is 4.93. The predicted molar refractivity (Wildman–Crippen MR) is 72.7 cm³/mol. The lowest BCUT2D eigenvalue weighted by Gasteiger charge is -2.38. The number of halogens is 1. The molecule has 0 aliphatic heterocycles. The van der Waals surface area contributed by atoms with E-state index in [0.717, 1.165) is 12.2 Å². The number of rotatable bonds is 4. The van der Waals surface area contributed by atoms with Crippen LogP contribution < -0.4 is 11.1 Å². The van der Waals surface area contributed by atoms with Gasteiger partial charge < -0.3 is 11.1 Å². The molecule has 3 N–H and O–H groups in total. The molecule has 17 heavy (non-hydrogen) atoms. The molecule has 0 heterocycles. The van der Waals surface area contributed by atoms with E-state index >= 15 is 0 Å². The molecule has 2 nitrogen and oxygen atoms in total. The zero-order valence-corrected chi connectivity index (χ0v) is 10.7. The lowest BCUT2D eigenvalue weighted by molar-refractivity contribution is 0.180. The van der Waals surface area contributed by atoms with Crippen molar-refractivity contribution in [1.29, 1.82) is 0 Å². The molecule has 0 bridgehead atoms. The fourth-order valence-corrected chi connectivity index (χ4v) is 2.31. The molecule has 1 fully saturated rings. The number of nitrogens with two attached hydrogens (primary N) is 1. The van der Waals surface area contributed by atoms with Crippen LogP contribution in [0.2, 0.25) is 0 Å². The summed E-state index contributed by atoms with van der Waals surface area (Å²) in [6.45, 7) is 3.14. The number of anilines is 1. The molecule has 1 aliphatic carbocycles. The van der Waals surface area contributed by atoms with Crippen LogP contribution in [-0.4, -0.2) is 11.5 Å². The van der Waals surface area contributed by atoms with Crippen molar-refractivity contribution in [1.82, 2.24) is 0 Å². The van der Waals surface area contributed by atoms with Crippen LogP contribution in [0.5, 0.6) is 0 Å². The average Bonchev–Trinajstić information content (AvgIpc) is 2.24. The van der Waals surface area contributed by atoms with Gasteiger partial charge in [0.2, 0.25) is 0 Å². The standard InChI is InChI=1S/C13H17FN2S/c1-13(5-2-6-13)8-16-11-4-3-9(14)7-10(11)12(15)17/h3-4,7,16H,2,5-6,8H2,1H3,(H2,15,17). The van der Waals surface area contributed by atoms with Crippen molar-refractivity contribution in [2.45, 2.75) is 26.2 Å². The number of hydrogen-bond donors (Lipinski definition) is 2. The fourth-order valence-electron chi connectivity index (χ4n) is 2.14. The molecule has 0 spiro atoms. The molecule has 0 aromatic heterocycles. The topological polar surface area (TPSA) is 38.0 Å². The zero-order chi connectivity index (χ0) is 12.5. The normalized spacial score (nSPS) is 17.3. The summed E-state index contributed by atoms with van der Waals surface area (Å²) in [6.07, 6.45) is 3.77. The van der Waals surface area contributed by atoms with Gasteiger partial charge in [0.25, 0.3) is 0 Å². The van der Waals surface area contributed by atoms with E-state index in [9.17, 15) is 4.39 Å². The van der Waals surface area contributed by atoms with Crippen molar-refractivity contribution < 1.29 is 4.39 Å². The van der Waals surface area contributed by atoms with Crippen molar-refractivity contribution >= 4 is 22.9 Å². The zero-order valence-electron chi connectivity index (χ0n) is 9.92. The van der Waals surface area contributed by atoms with Crippen LogP contribution in [0.4, 0.5) is 10.1 Å². The Morgan fingerprint density at radius 2 is 2.24 bits per heavy atom. The number of nitrogens with one attached hydrogen (secondary N) is 1. The molecule has 0 saturated heterocycles. The monoisotopic (exact) mass is 252 g/mol. The van der Waals surface area contributed by atoms with Crippen molar-refractivity contribution in [2.75, 3.05) is 11.9 Å². The Kier molecular flexibility index (Phi) is 3.33. The van der Waals surface area contributed by atoms with Gasteiger partial charge in [-0.15, -0.1) is 0 Å².